The van der Waals surface area contributed by atoms with Crippen LogP contribution in [-0.4, -0.2) is 15.0 Å². The first-order valence-electron chi connectivity index (χ1n) is 7.93. The van der Waals surface area contributed by atoms with Gasteiger partial charge in [0.25, 0.3) is 0 Å². The number of aromatic amines is 1. The molecule has 4 nitrogen and oxygen atoms in total. The molecule has 2 aromatic carbocycles. The minimum Gasteiger partial charge on any atom is -0.398 e. The number of hydrogen-bond acceptors (Lipinski definition) is 3. The number of nitrogens with one attached hydrogen (secondary N) is 1. The number of benzene rings is 2. The molecule has 6 heteroatoms. The second-order valence-electron chi connectivity index (χ2n) is 5.79. The maximum absolute atomic E-state index is 13.3. The standard InChI is InChI=1S/C20H14FIN4/c21-15-4-1-12(2-5-15)18-19(13-7-9-24-10-8-13)26-20(25-18)14-3-6-17(23)16(22)11-14/h1-11H,23H2,(H,25,26). The SMILES string of the molecule is Nc1ccc(-c2nc(-c3ccc(F)cc3)c(-c3ccncc3)[nH]2)cc1I. The van der Waals surface area contributed by atoms with Gasteiger partial charge in [-0.3, -0.25) is 4.98 Å². The summed E-state index contributed by atoms with van der Waals surface area (Å²) in [6.07, 6.45) is 3.47. The van der Waals surface area contributed by atoms with E-state index in [2.05, 4.69) is 32.6 Å². The molecule has 0 amide bonds. The van der Waals surface area contributed by atoms with Crippen LogP contribution in [0.15, 0.2) is 67.0 Å². The molecule has 0 saturated carbocycles. The highest BCUT2D eigenvalue weighted by molar-refractivity contribution is 14.1. The van der Waals surface area contributed by atoms with E-state index < -0.39 is 0 Å². The molecule has 26 heavy (non-hydrogen) atoms. The van der Waals surface area contributed by atoms with Gasteiger partial charge in [0, 0.05) is 38.3 Å². The lowest BCUT2D eigenvalue weighted by atomic mass is 10.1. The first-order chi connectivity index (χ1) is 12.6. The Kier molecular flexibility index (Phi) is 4.42. The predicted octanol–water partition coefficient (Wildman–Crippen LogP) is 5.13. The Hall–Kier alpha value is -2.74. The van der Waals surface area contributed by atoms with Crippen LogP contribution in [0.4, 0.5) is 10.1 Å². The van der Waals surface area contributed by atoms with Crippen molar-refractivity contribution in [2.24, 2.45) is 0 Å². The maximum atomic E-state index is 13.3. The lowest BCUT2D eigenvalue weighted by Gasteiger charge is -2.02. The fraction of sp³-hybridized carbons (Fsp3) is 0. The third-order valence-corrected chi connectivity index (χ3v) is 5.00. The third kappa shape index (κ3) is 3.20. The molecule has 0 bridgehead atoms. The van der Waals surface area contributed by atoms with Crippen molar-refractivity contribution in [3.63, 3.8) is 0 Å². The quantitative estimate of drug-likeness (QED) is 0.332. The lowest BCUT2D eigenvalue weighted by Crippen LogP contribution is -1.90. The zero-order valence-corrected chi connectivity index (χ0v) is 15.7. The van der Waals surface area contributed by atoms with E-state index in [-0.39, 0.29) is 5.82 Å². The topological polar surface area (TPSA) is 67.6 Å². The number of nitrogens with two attached hydrogens (primary N) is 1. The number of nitrogen functional groups attached to an aromatic ring is 1. The molecule has 0 fully saturated rings. The molecular weight excluding hydrogens is 442 g/mol. The van der Waals surface area contributed by atoms with Gasteiger partial charge < -0.3 is 10.7 Å². The number of aromatic nitrogens is 3. The molecule has 4 rings (SSSR count). The third-order valence-electron chi connectivity index (χ3n) is 4.06. The van der Waals surface area contributed by atoms with Crippen LogP contribution in [0.5, 0.6) is 0 Å². The summed E-state index contributed by atoms with van der Waals surface area (Å²) in [5.74, 6) is 0.456. The van der Waals surface area contributed by atoms with E-state index in [1.54, 1.807) is 24.5 Å². The Morgan fingerprint density at radius 2 is 1.58 bits per heavy atom. The summed E-state index contributed by atoms with van der Waals surface area (Å²) < 4.78 is 14.3. The van der Waals surface area contributed by atoms with Crippen molar-refractivity contribution in [3.8, 4) is 33.9 Å². The van der Waals surface area contributed by atoms with Crippen LogP contribution in [0.2, 0.25) is 0 Å². The summed E-state index contributed by atoms with van der Waals surface area (Å²) >= 11 is 2.20. The maximum Gasteiger partial charge on any atom is 0.138 e. The predicted molar refractivity (Wildman–Crippen MR) is 110 cm³/mol. The zero-order chi connectivity index (χ0) is 18.1. The monoisotopic (exact) mass is 456 g/mol. The van der Waals surface area contributed by atoms with Crippen LogP contribution in [0.25, 0.3) is 33.9 Å². The van der Waals surface area contributed by atoms with Crippen LogP contribution >= 0.6 is 22.6 Å². The van der Waals surface area contributed by atoms with Gasteiger partial charge in [-0.15, -0.1) is 0 Å². The molecule has 0 spiro atoms. The molecule has 0 radical (unpaired) electrons. The molecular formula is C20H14FIN4. The van der Waals surface area contributed by atoms with E-state index in [4.69, 9.17) is 10.7 Å². The van der Waals surface area contributed by atoms with E-state index in [9.17, 15) is 4.39 Å². The van der Waals surface area contributed by atoms with Crippen molar-refractivity contribution in [1.82, 2.24) is 15.0 Å². The number of halogens is 2. The highest BCUT2D eigenvalue weighted by Gasteiger charge is 2.16. The van der Waals surface area contributed by atoms with E-state index in [1.165, 1.54) is 12.1 Å². The summed E-state index contributed by atoms with van der Waals surface area (Å²) in [5.41, 5.74) is 11.0. The van der Waals surface area contributed by atoms with Crippen LogP contribution < -0.4 is 5.73 Å². The van der Waals surface area contributed by atoms with Gasteiger partial charge >= 0.3 is 0 Å². The molecule has 0 aliphatic rings. The van der Waals surface area contributed by atoms with Crippen LogP contribution in [0, 0.1) is 9.39 Å². The normalized spacial score (nSPS) is 10.8. The van der Waals surface area contributed by atoms with E-state index in [0.717, 1.165) is 43.2 Å². The molecule has 2 heterocycles. The fourth-order valence-electron chi connectivity index (χ4n) is 2.73. The average molecular weight is 456 g/mol. The molecule has 0 aliphatic heterocycles. The summed E-state index contributed by atoms with van der Waals surface area (Å²) in [7, 11) is 0. The summed E-state index contributed by atoms with van der Waals surface area (Å²) in [6.45, 7) is 0. The summed E-state index contributed by atoms with van der Waals surface area (Å²) in [4.78, 5) is 12.3. The molecule has 0 atom stereocenters. The molecule has 0 aliphatic carbocycles. The number of H-pyrrole nitrogens is 1. The van der Waals surface area contributed by atoms with E-state index >= 15 is 0 Å². The minimum atomic E-state index is -0.275. The number of imidazole rings is 1. The minimum absolute atomic E-state index is 0.275. The van der Waals surface area contributed by atoms with E-state index in [0.29, 0.717) is 0 Å². The number of hydrogen-bond donors (Lipinski definition) is 2. The molecule has 0 saturated heterocycles. The van der Waals surface area contributed by atoms with E-state index in [1.807, 2.05) is 30.3 Å². The first kappa shape index (κ1) is 16.7. The van der Waals surface area contributed by atoms with Gasteiger partial charge in [-0.05, 0) is 77.2 Å². The fourth-order valence-corrected chi connectivity index (χ4v) is 3.24. The number of nitrogens with zero attached hydrogens (tertiary/aromatic N) is 2. The Morgan fingerprint density at radius 1 is 0.885 bits per heavy atom. The Balaban J connectivity index is 1.90. The van der Waals surface area contributed by atoms with Gasteiger partial charge in [0.1, 0.15) is 11.6 Å². The summed E-state index contributed by atoms with van der Waals surface area (Å²) in [5, 5.41) is 0. The van der Waals surface area contributed by atoms with Gasteiger partial charge in [-0.25, -0.2) is 9.37 Å². The van der Waals surface area contributed by atoms with Gasteiger partial charge in [0.15, 0.2) is 0 Å². The van der Waals surface area contributed by atoms with Gasteiger partial charge in [0.05, 0.1) is 11.4 Å². The second kappa shape index (κ2) is 6.87. The van der Waals surface area contributed by atoms with Crippen molar-refractivity contribution in [2.45, 2.75) is 0 Å². The van der Waals surface area contributed by atoms with Crippen molar-refractivity contribution >= 4 is 28.3 Å². The van der Waals surface area contributed by atoms with Gasteiger partial charge in [0.2, 0.25) is 0 Å². The largest absolute Gasteiger partial charge is 0.398 e. The Morgan fingerprint density at radius 3 is 2.27 bits per heavy atom. The van der Waals surface area contributed by atoms with Crippen molar-refractivity contribution in [1.29, 1.82) is 0 Å². The van der Waals surface area contributed by atoms with Crippen LogP contribution in [0.3, 0.4) is 0 Å². The number of anilines is 1. The molecule has 4 aromatic rings. The van der Waals surface area contributed by atoms with Crippen molar-refractivity contribution < 1.29 is 4.39 Å². The average Bonchev–Trinajstić information content (AvgIpc) is 3.11. The Labute approximate surface area is 163 Å². The van der Waals surface area contributed by atoms with Crippen molar-refractivity contribution in [3.05, 3.63) is 76.4 Å². The Bertz CT molecular complexity index is 1060. The highest BCUT2D eigenvalue weighted by atomic mass is 127. The molecule has 2 aromatic heterocycles. The number of pyridine rings is 1. The molecule has 3 N–H and O–H groups in total. The molecule has 0 unspecified atom stereocenters. The van der Waals surface area contributed by atoms with Gasteiger partial charge in [-0.2, -0.15) is 0 Å². The highest BCUT2D eigenvalue weighted by Crippen LogP contribution is 2.33. The number of rotatable bonds is 3. The van der Waals surface area contributed by atoms with Crippen molar-refractivity contribution in [2.75, 3.05) is 5.73 Å². The lowest BCUT2D eigenvalue weighted by molar-refractivity contribution is 0.628. The smallest absolute Gasteiger partial charge is 0.138 e. The van der Waals surface area contributed by atoms with Crippen LogP contribution in [-0.2, 0) is 0 Å². The molecule has 128 valence electrons. The first-order valence-corrected chi connectivity index (χ1v) is 9.01. The zero-order valence-electron chi connectivity index (χ0n) is 13.6. The van der Waals surface area contributed by atoms with Crippen LogP contribution in [0.1, 0.15) is 0 Å². The summed E-state index contributed by atoms with van der Waals surface area (Å²) in [6, 6.07) is 15.9. The second-order valence-corrected chi connectivity index (χ2v) is 6.95. The van der Waals surface area contributed by atoms with Gasteiger partial charge in [-0.1, -0.05) is 0 Å².